The molecule has 8 heteroatoms. The van der Waals surface area contributed by atoms with E-state index >= 15 is 0 Å². The van der Waals surface area contributed by atoms with Gasteiger partial charge in [-0.25, -0.2) is 9.82 Å². The van der Waals surface area contributed by atoms with Gasteiger partial charge in [0.1, 0.15) is 11.6 Å². The summed E-state index contributed by atoms with van der Waals surface area (Å²) in [4.78, 5) is 14.7. The molecule has 0 fully saturated rings. The topological polar surface area (TPSA) is 92.3 Å². The number of anilines is 1. The third-order valence-corrected chi connectivity index (χ3v) is 3.34. The summed E-state index contributed by atoms with van der Waals surface area (Å²) in [5.74, 6) is 0.325. The first kappa shape index (κ1) is 16.3. The van der Waals surface area contributed by atoms with Gasteiger partial charge in [0.15, 0.2) is 5.69 Å². The number of hydrazone groups is 1. The van der Waals surface area contributed by atoms with E-state index in [1.165, 1.54) is 12.3 Å². The van der Waals surface area contributed by atoms with Gasteiger partial charge >= 0.3 is 0 Å². The number of benzene rings is 2. The summed E-state index contributed by atoms with van der Waals surface area (Å²) in [6, 6.07) is 13.0. The molecule has 7 nitrogen and oxygen atoms in total. The fraction of sp³-hybridized carbons (Fsp3) is 0.0588. The highest BCUT2D eigenvalue weighted by Gasteiger charge is 2.07. The molecule has 1 heterocycles. The second-order valence-electron chi connectivity index (χ2n) is 4.97. The summed E-state index contributed by atoms with van der Waals surface area (Å²) in [6.45, 7) is 0. The van der Waals surface area contributed by atoms with Crippen LogP contribution >= 0.6 is 0 Å². The van der Waals surface area contributed by atoms with Crippen LogP contribution in [0.15, 0.2) is 58.4 Å². The lowest BCUT2D eigenvalue weighted by Crippen LogP contribution is -2.15. The van der Waals surface area contributed by atoms with Gasteiger partial charge in [-0.15, -0.1) is 10.2 Å². The molecule has 0 unspecified atom stereocenters. The maximum Gasteiger partial charge on any atom is 0.279 e. The van der Waals surface area contributed by atoms with Crippen molar-refractivity contribution in [1.82, 2.24) is 15.2 Å². The van der Waals surface area contributed by atoms with Gasteiger partial charge in [-0.3, -0.25) is 9.78 Å². The molecule has 2 aromatic carbocycles. The second kappa shape index (κ2) is 7.35. The molecule has 0 aliphatic rings. The maximum absolute atomic E-state index is 13.5. The molecule has 0 bridgehead atoms. The first-order valence-corrected chi connectivity index (χ1v) is 7.32. The van der Waals surface area contributed by atoms with Crippen LogP contribution in [0.2, 0.25) is 0 Å². The zero-order valence-corrected chi connectivity index (χ0v) is 13.2. The number of ether oxygens (including phenoxy) is 1. The SMILES string of the molecule is COc1ccc(-c2nnc(N/N=C/c3ccccc3F)[nH]c2=O)cc1. The lowest BCUT2D eigenvalue weighted by atomic mass is 10.1. The van der Waals surface area contributed by atoms with E-state index in [2.05, 4.69) is 25.7 Å². The number of aromatic amines is 1. The summed E-state index contributed by atoms with van der Waals surface area (Å²) in [6.07, 6.45) is 1.28. The van der Waals surface area contributed by atoms with E-state index in [0.29, 0.717) is 16.9 Å². The number of hydrogen-bond acceptors (Lipinski definition) is 6. The first-order valence-electron chi connectivity index (χ1n) is 7.32. The molecule has 0 saturated carbocycles. The van der Waals surface area contributed by atoms with Crippen molar-refractivity contribution in [2.24, 2.45) is 5.10 Å². The van der Waals surface area contributed by atoms with Gasteiger partial charge in [0.25, 0.3) is 5.56 Å². The standard InChI is InChI=1S/C17H14FN5O2/c1-25-13-8-6-11(7-9-13)15-16(24)20-17(23-21-15)22-19-10-12-4-2-3-5-14(12)18/h2-10H,1H3,(H2,20,22,23,24)/b19-10+. The average molecular weight is 339 g/mol. The minimum atomic E-state index is -0.427. The fourth-order valence-corrected chi connectivity index (χ4v) is 2.07. The smallest absolute Gasteiger partial charge is 0.279 e. The Labute approximate surface area is 142 Å². The third-order valence-electron chi connectivity index (χ3n) is 3.34. The van der Waals surface area contributed by atoms with Crippen molar-refractivity contribution in [3.05, 3.63) is 70.3 Å². The Bertz CT molecular complexity index is 954. The Morgan fingerprint density at radius 2 is 1.92 bits per heavy atom. The van der Waals surface area contributed by atoms with Crippen LogP contribution in [0.4, 0.5) is 10.3 Å². The predicted octanol–water partition coefficient (Wildman–Crippen LogP) is 2.43. The number of H-pyrrole nitrogens is 1. The van der Waals surface area contributed by atoms with Gasteiger partial charge in [0.05, 0.1) is 13.3 Å². The quantitative estimate of drug-likeness (QED) is 0.550. The van der Waals surface area contributed by atoms with Crippen molar-refractivity contribution < 1.29 is 9.13 Å². The highest BCUT2D eigenvalue weighted by molar-refractivity contribution is 5.80. The van der Waals surface area contributed by atoms with Crippen molar-refractivity contribution in [3.63, 3.8) is 0 Å². The number of rotatable bonds is 5. The van der Waals surface area contributed by atoms with Gasteiger partial charge in [-0.05, 0) is 30.3 Å². The zero-order valence-electron chi connectivity index (χ0n) is 13.2. The third kappa shape index (κ3) is 3.86. The molecular weight excluding hydrogens is 325 g/mol. The summed E-state index contributed by atoms with van der Waals surface area (Å²) in [5.41, 5.74) is 3.17. The number of methoxy groups -OCH3 is 1. The van der Waals surface area contributed by atoms with Crippen LogP contribution in [0.5, 0.6) is 5.75 Å². The van der Waals surface area contributed by atoms with E-state index in [9.17, 15) is 9.18 Å². The number of aromatic nitrogens is 3. The van der Waals surface area contributed by atoms with E-state index in [1.54, 1.807) is 49.6 Å². The predicted molar refractivity (Wildman–Crippen MR) is 92.3 cm³/mol. The molecule has 0 aliphatic carbocycles. The van der Waals surface area contributed by atoms with Crippen LogP contribution in [0.1, 0.15) is 5.56 Å². The van der Waals surface area contributed by atoms with Crippen molar-refractivity contribution in [2.75, 3.05) is 12.5 Å². The minimum absolute atomic E-state index is 0.0508. The summed E-state index contributed by atoms with van der Waals surface area (Å²) < 4.78 is 18.5. The van der Waals surface area contributed by atoms with Crippen molar-refractivity contribution >= 4 is 12.2 Å². The largest absolute Gasteiger partial charge is 0.497 e. The Morgan fingerprint density at radius 3 is 2.60 bits per heavy atom. The second-order valence-corrected chi connectivity index (χ2v) is 4.97. The number of hydrogen-bond donors (Lipinski definition) is 2. The van der Waals surface area contributed by atoms with Gasteiger partial charge in [-0.2, -0.15) is 5.10 Å². The highest BCUT2D eigenvalue weighted by Crippen LogP contribution is 2.17. The van der Waals surface area contributed by atoms with E-state index in [4.69, 9.17) is 4.74 Å². The van der Waals surface area contributed by atoms with Crippen LogP contribution in [0.25, 0.3) is 11.3 Å². The fourth-order valence-electron chi connectivity index (χ4n) is 2.07. The summed E-state index contributed by atoms with van der Waals surface area (Å²) in [5, 5.41) is 11.6. The molecule has 126 valence electrons. The zero-order chi connectivity index (χ0) is 17.6. The molecule has 0 radical (unpaired) electrons. The number of nitrogens with one attached hydrogen (secondary N) is 2. The van der Waals surface area contributed by atoms with E-state index in [1.807, 2.05) is 0 Å². The molecule has 0 atom stereocenters. The van der Waals surface area contributed by atoms with Crippen LogP contribution in [-0.4, -0.2) is 28.5 Å². The molecule has 0 saturated heterocycles. The van der Waals surface area contributed by atoms with Crippen LogP contribution < -0.4 is 15.7 Å². The molecule has 3 rings (SSSR count). The monoisotopic (exact) mass is 339 g/mol. The van der Waals surface area contributed by atoms with Gasteiger partial charge in [0, 0.05) is 11.1 Å². The molecule has 25 heavy (non-hydrogen) atoms. The lowest BCUT2D eigenvalue weighted by Gasteiger charge is -2.03. The lowest BCUT2D eigenvalue weighted by molar-refractivity contribution is 0.415. The van der Waals surface area contributed by atoms with Crippen LogP contribution in [-0.2, 0) is 0 Å². The Kier molecular flexibility index (Phi) is 4.79. The summed E-state index contributed by atoms with van der Waals surface area (Å²) >= 11 is 0. The average Bonchev–Trinajstić information content (AvgIpc) is 2.64. The van der Waals surface area contributed by atoms with Crippen molar-refractivity contribution in [2.45, 2.75) is 0 Å². The van der Waals surface area contributed by atoms with E-state index in [0.717, 1.165) is 0 Å². The van der Waals surface area contributed by atoms with Crippen LogP contribution in [0.3, 0.4) is 0 Å². The maximum atomic E-state index is 13.5. The van der Waals surface area contributed by atoms with E-state index < -0.39 is 11.4 Å². The molecule has 0 spiro atoms. The highest BCUT2D eigenvalue weighted by atomic mass is 19.1. The molecule has 1 aromatic heterocycles. The Hall–Kier alpha value is -3.55. The van der Waals surface area contributed by atoms with Crippen LogP contribution in [0, 0.1) is 5.82 Å². The van der Waals surface area contributed by atoms with Gasteiger partial charge < -0.3 is 4.74 Å². The van der Waals surface area contributed by atoms with Crippen molar-refractivity contribution in [1.29, 1.82) is 0 Å². The molecular formula is C17H14FN5O2. The Morgan fingerprint density at radius 1 is 1.16 bits per heavy atom. The normalized spacial score (nSPS) is 10.8. The number of nitrogens with zero attached hydrogens (tertiary/aromatic N) is 3. The molecule has 3 aromatic rings. The van der Waals surface area contributed by atoms with Gasteiger partial charge in [0.2, 0.25) is 5.95 Å². The summed E-state index contributed by atoms with van der Waals surface area (Å²) in [7, 11) is 1.56. The first-order chi connectivity index (χ1) is 12.2. The minimum Gasteiger partial charge on any atom is -0.497 e. The van der Waals surface area contributed by atoms with Gasteiger partial charge in [-0.1, -0.05) is 18.2 Å². The number of halogens is 1. The molecule has 0 aliphatic heterocycles. The Balaban J connectivity index is 1.75. The van der Waals surface area contributed by atoms with E-state index in [-0.39, 0.29) is 11.6 Å². The van der Waals surface area contributed by atoms with Crippen molar-refractivity contribution in [3.8, 4) is 17.0 Å². The molecule has 2 N–H and O–H groups in total. The molecule has 0 amide bonds.